The van der Waals surface area contributed by atoms with E-state index >= 15 is 0 Å². The predicted molar refractivity (Wildman–Crippen MR) is 81.3 cm³/mol. The third kappa shape index (κ3) is 3.73. The first-order chi connectivity index (χ1) is 9.97. The first-order valence-corrected chi connectivity index (χ1v) is 6.58. The first kappa shape index (κ1) is 14.9. The van der Waals surface area contributed by atoms with Crippen molar-refractivity contribution in [2.24, 2.45) is 0 Å². The van der Waals surface area contributed by atoms with Gasteiger partial charge in [-0.2, -0.15) is 0 Å². The van der Waals surface area contributed by atoms with Gasteiger partial charge in [0, 0.05) is 11.9 Å². The second-order valence-corrected chi connectivity index (χ2v) is 4.79. The highest BCUT2D eigenvalue weighted by molar-refractivity contribution is 7.80. The molecule has 1 aliphatic rings. The fourth-order valence-corrected chi connectivity index (χ4v) is 1.98. The minimum Gasteiger partial charge on any atom is -0.322 e. The number of carbonyl (C=O) groups excluding carboxylic acids is 3. The van der Waals surface area contributed by atoms with Crippen LogP contribution in [0.2, 0.25) is 0 Å². The van der Waals surface area contributed by atoms with Gasteiger partial charge in [0.2, 0.25) is 5.91 Å². The van der Waals surface area contributed by atoms with E-state index in [-0.39, 0.29) is 23.1 Å². The van der Waals surface area contributed by atoms with Crippen LogP contribution in [0, 0.1) is 0 Å². The standard InChI is InChI=1S/C14H13N3O3S/c1-9(18)11(7-17-8-12(19)16-14(17)21)13(20)15-10-5-3-2-4-6-10/h2-7H,8H2,1H3,(H,15,20)(H,16,19,21). The van der Waals surface area contributed by atoms with Crippen LogP contribution in [0.3, 0.4) is 0 Å². The van der Waals surface area contributed by atoms with Crippen molar-refractivity contribution in [3.63, 3.8) is 0 Å². The summed E-state index contributed by atoms with van der Waals surface area (Å²) in [5.41, 5.74) is 0.505. The Morgan fingerprint density at radius 2 is 2.00 bits per heavy atom. The van der Waals surface area contributed by atoms with Gasteiger partial charge in [-0.05, 0) is 31.3 Å². The van der Waals surface area contributed by atoms with Crippen molar-refractivity contribution in [1.82, 2.24) is 10.2 Å². The van der Waals surface area contributed by atoms with Gasteiger partial charge < -0.3 is 15.5 Å². The number of amides is 2. The lowest BCUT2D eigenvalue weighted by atomic mass is 10.1. The number of hydrogen-bond acceptors (Lipinski definition) is 4. The molecular weight excluding hydrogens is 290 g/mol. The van der Waals surface area contributed by atoms with E-state index in [0.29, 0.717) is 5.69 Å². The molecule has 0 aliphatic carbocycles. The van der Waals surface area contributed by atoms with Crippen LogP contribution in [0.1, 0.15) is 6.92 Å². The Morgan fingerprint density at radius 3 is 2.52 bits per heavy atom. The van der Waals surface area contributed by atoms with Crippen molar-refractivity contribution in [1.29, 1.82) is 0 Å². The van der Waals surface area contributed by atoms with Crippen molar-refractivity contribution in [3.8, 4) is 0 Å². The van der Waals surface area contributed by atoms with Gasteiger partial charge >= 0.3 is 0 Å². The number of ketones is 1. The number of hydrogen-bond donors (Lipinski definition) is 2. The largest absolute Gasteiger partial charge is 0.322 e. The number of rotatable bonds is 4. The van der Waals surface area contributed by atoms with E-state index in [2.05, 4.69) is 10.6 Å². The summed E-state index contributed by atoms with van der Waals surface area (Å²) in [5.74, 6) is -1.23. The van der Waals surface area contributed by atoms with E-state index < -0.39 is 11.7 Å². The molecule has 1 fully saturated rings. The van der Waals surface area contributed by atoms with E-state index in [1.165, 1.54) is 18.0 Å². The molecule has 1 aromatic rings. The zero-order chi connectivity index (χ0) is 15.4. The molecule has 0 atom stereocenters. The Bertz CT molecular complexity index is 640. The number of thiocarbonyl (C=S) groups is 1. The molecular formula is C14H13N3O3S. The topological polar surface area (TPSA) is 78.5 Å². The Kier molecular flexibility index (Phi) is 4.44. The van der Waals surface area contributed by atoms with E-state index in [4.69, 9.17) is 12.2 Å². The number of benzene rings is 1. The highest BCUT2D eigenvalue weighted by Crippen LogP contribution is 2.10. The molecule has 0 saturated carbocycles. The van der Waals surface area contributed by atoms with Gasteiger partial charge in [0.25, 0.3) is 5.91 Å². The zero-order valence-corrected chi connectivity index (χ0v) is 12.1. The smallest absolute Gasteiger partial charge is 0.260 e. The van der Waals surface area contributed by atoms with Gasteiger partial charge in [0.15, 0.2) is 10.9 Å². The van der Waals surface area contributed by atoms with Gasteiger partial charge in [0.05, 0.1) is 5.57 Å². The summed E-state index contributed by atoms with van der Waals surface area (Å²) in [4.78, 5) is 36.4. The summed E-state index contributed by atoms with van der Waals surface area (Å²) in [6, 6.07) is 8.77. The molecule has 0 bridgehead atoms. The van der Waals surface area contributed by atoms with Gasteiger partial charge in [-0.25, -0.2) is 0 Å². The Balaban J connectivity index is 2.19. The summed E-state index contributed by atoms with van der Waals surface area (Å²) in [6.45, 7) is 1.28. The molecule has 2 amide bonds. The summed E-state index contributed by atoms with van der Waals surface area (Å²) in [7, 11) is 0. The maximum absolute atomic E-state index is 12.2. The van der Waals surface area contributed by atoms with Crippen molar-refractivity contribution in [2.75, 3.05) is 11.9 Å². The van der Waals surface area contributed by atoms with Crippen molar-refractivity contribution >= 4 is 40.6 Å². The molecule has 1 saturated heterocycles. The van der Waals surface area contributed by atoms with Crippen LogP contribution >= 0.6 is 12.2 Å². The molecule has 7 heteroatoms. The van der Waals surface area contributed by atoms with Crippen LogP contribution in [0.25, 0.3) is 0 Å². The second kappa shape index (κ2) is 6.27. The fraction of sp³-hybridized carbons (Fsp3) is 0.143. The number of carbonyl (C=O) groups is 3. The first-order valence-electron chi connectivity index (χ1n) is 6.17. The number of para-hydroxylation sites is 1. The van der Waals surface area contributed by atoms with Gasteiger partial charge in [-0.15, -0.1) is 0 Å². The van der Waals surface area contributed by atoms with Crippen molar-refractivity contribution in [3.05, 3.63) is 42.1 Å². The lowest BCUT2D eigenvalue weighted by Crippen LogP contribution is -2.27. The van der Waals surface area contributed by atoms with Crippen LogP contribution in [0.4, 0.5) is 5.69 Å². The van der Waals surface area contributed by atoms with Crippen LogP contribution in [0.15, 0.2) is 42.1 Å². The highest BCUT2D eigenvalue weighted by Gasteiger charge is 2.24. The molecule has 0 radical (unpaired) electrons. The fourth-order valence-electron chi connectivity index (χ4n) is 1.75. The molecule has 6 nitrogen and oxygen atoms in total. The number of Topliss-reactive ketones (excluding diaryl/α,β-unsaturated/α-hetero) is 1. The summed E-state index contributed by atoms with van der Waals surface area (Å²) in [6.07, 6.45) is 1.29. The molecule has 0 unspecified atom stereocenters. The molecule has 1 aliphatic heterocycles. The lowest BCUT2D eigenvalue weighted by molar-refractivity contribution is -0.120. The quantitative estimate of drug-likeness (QED) is 0.372. The molecule has 2 N–H and O–H groups in total. The predicted octanol–water partition coefficient (Wildman–Crippen LogP) is 0.815. The average molecular weight is 303 g/mol. The van der Waals surface area contributed by atoms with Crippen LogP contribution in [-0.2, 0) is 14.4 Å². The van der Waals surface area contributed by atoms with E-state index in [1.807, 2.05) is 6.07 Å². The Hall–Kier alpha value is -2.54. The van der Waals surface area contributed by atoms with Crippen LogP contribution in [-0.4, -0.2) is 34.2 Å². The minimum absolute atomic E-state index is 0.00572. The summed E-state index contributed by atoms with van der Waals surface area (Å²) in [5, 5.41) is 5.22. The zero-order valence-electron chi connectivity index (χ0n) is 11.3. The molecule has 1 aromatic carbocycles. The summed E-state index contributed by atoms with van der Waals surface area (Å²) >= 11 is 4.95. The normalized spacial score (nSPS) is 14.9. The maximum atomic E-state index is 12.2. The van der Waals surface area contributed by atoms with E-state index in [0.717, 1.165) is 0 Å². The Labute approximate surface area is 126 Å². The minimum atomic E-state index is -0.546. The molecule has 2 rings (SSSR count). The van der Waals surface area contributed by atoms with Crippen LogP contribution < -0.4 is 10.6 Å². The Morgan fingerprint density at radius 1 is 1.33 bits per heavy atom. The van der Waals surface area contributed by atoms with Gasteiger partial charge in [-0.3, -0.25) is 14.4 Å². The third-order valence-corrected chi connectivity index (χ3v) is 3.10. The van der Waals surface area contributed by atoms with Crippen LogP contribution in [0.5, 0.6) is 0 Å². The molecule has 0 aromatic heterocycles. The third-order valence-electron chi connectivity index (χ3n) is 2.76. The second-order valence-electron chi connectivity index (χ2n) is 4.40. The molecule has 108 valence electrons. The number of nitrogens with one attached hydrogen (secondary N) is 2. The number of anilines is 1. The van der Waals surface area contributed by atoms with Crippen molar-refractivity contribution in [2.45, 2.75) is 6.92 Å². The molecule has 21 heavy (non-hydrogen) atoms. The van der Waals surface area contributed by atoms with E-state index in [9.17, 15) is 14.4 Å². The maximum Gasteiger partial charge on any atom is 0.260 e. The highest BCUT2D eigenvalue weighted by atomic mass is 32.1. The number of nitrogens with zero attached hydrogens (tertiary/aromatic N) is 1. The van der Waals surface area contributed by atoms with Gasteiger partial charge in [-0.1, -0.05) is 18.2 Å². The molecule has 0 spiro atoms. The SMILES string of the molecule is CC(=O)C(=CN1CC(=O)NC1=S)C(=O)Nc1ccccc1. The van der Waals surface area contributed by atoms with E-state index in [1.54, 1.807) is 24.3 Å². The average Bonchev–Trinajstić information content (AvgIpc) is 2.74. The van der Waals surface area contributed by atoms with Crippen molar-refractivity contribution < 1.29 is 14.4 Å². The lowest BCUT2D eigenvalue weighted by Gasteiger charge is -2.12. The molecule has 1 heterocycles. The summed E-state index contributed by atoms with van der Waals surface area (Å²) < 4.78 is 0. The van der Waals surface area contributed by atoms with Gasteiger partial charge in [0.1, 0.15) is 6.54 Å². The monoisotopic (exact) mass is 303 g/mol.